The van der Waals surface area contributed by atoms with Gasteiger partial charge in [-0.2, -0.15) is 0 Å². The molecular weight excluding hydrogens is 164 g/mol. The molecule has 0 amide bonds. The van der Waals surface area contributed by atoms with Crippen molar-refractivity contribution in [2.75, 3.05) is 13.2 Å². The van der Waals surface area contributed by atoms with Crippen molar-refractivity contribution in [3.63, 3.8) is 0 Å². The highest BCUT2D eigenvalue weighted by atomic mass is 16.5. The first-order valence-corrected chi connectivity index (χ1v) is 4.80. The number of terminal acetylenes is 1. The first kappa shape index (κ1) is 10.3. The van der Waals surface area contributed by atoms with Gasteiger partial charge in [-0.3, -0.25) is 0 Å². The van der Waals surface area contributed by atoms with Crippen molar-refractivity contribution < 1.29 is 9.53 Å². The normalized spacial score (nSPS) is 20.5. The Morgan fingerprint density at radius 1 is 1.46 bits per heavy atom. The number of hydrogen-bond donors (Lipinski definition) is 0. The molecule has 1 aliphatic rings. The molecule has 0 aromatic carbocycles. The van der Waals surface area contributed by atoms with Crippen LogP contribution < -0.4 is 0 Å². The summed E-state index contributed by atoms with van der Waals surface area (Å²) in [5.74, 6) is 2.60. The highest BCUT2D eigenvalue weighted by Crippen LogP contribution is 2.33. The van der Waals surface area contributed by atoms with Gasteiger partial charge in [0, 0.05) is 25.0 Å². The van der Waals surface area contributed by atoms with E-state index in [1.54, 1.807) is 0 Å². The van der Waals surface area contributed by atoms with Gasteiger partial charge in [0.15, 0.2) is 0 Å². The number of carbonyl (C=O) groups is 1. The Bertz CT molecular complexity index is 197. The minimum atomic E-state index is -0.130. The fourth-order valence-corrected chi connectivity index (χ4v) is 1.75. The molecule has 0 bridgehead atoms. The van der Waals surface area contributed by atoms with Crippen molar-refractivity contribution in [3.8, 4) is 12.3 Å². The fourth-order valence-electron chi connectivity index (χ4n) is 1.75. The Kier molecular flexibility index (Phi) is 3.98. The average molecular weight is 180 g/mol. The van der Waals surface area contributed by atoms with Gasteiger partial charge in [-0.15, -0.1) is 12.3 Å². The minimum Gasteiger partial charge on any atom is -0.381 e. The van der Waals surface area contributed by atoms with E-state index in [4.69, 9.17) is 11.2 Å². The largest absolute Gasteiger partial charge is 0.381 e. The number of carbonyl (C=O) groups excluding carboxylic acids is 1. The molecule has 0 aromatic rings. The second-order valence-electron chi connectivity index (χ2n) is 3.65. The Morgan fingerprint density at radius 3 is 2.69 bits per heavy atom. The molecule has 1 saturated heterocycles. The lowest BCUT2D eigenvalue weighted by Crippen LogP contribution is -2.30. The lowest BCUT2D eigenvalue weighted by molar-refractivity contribution is -0.122. The van der Waals surface area contributed by atoms with Crippen LogP contribution in [-0.2, 0) is 9.53 Å². The Hall–Kier alpha value is -0.810. The SMILES string of the molecule is C#CCCCC1(C=O)CCOCC1. The van der Waals surface area contributed by atoms with Crippen molar-refractivity contribution in [3.05, 3.63) is 0 Å². The lowest BCUT2D eigenvalue weighted by Gasteiger charge is -2.31. The van der Waals surface area contributed by atoms with E-state index < -0.39 is 0 Å². The van der Waals surface area contributed by atoms with Crippen LogP contribution in [0.15, 0.2) is 0 Å². The van der Waals surface area contributed by atoms with Crippen LogP contribution in [0.3, 0.4) is 0 Å². The van der Waals surface area contributed by atoms with Crippen LogP contribution in [0.2, 0.25) is 0 Å². The van der Waals surface area contributed by atoms with Gasteiger partial charge in [-0.05, 0) is 25.7 Å². The highest BCUT2D eigenvalue weighted by molar-refractivity contribution is 5.59. The number of aldehydes is 1. The zero-order valence-electron chi connectivity index (χ0n) is 7.92. The quantitative estimate of drug-likeness (QED) is 0.374. The summed E-state index contributed by atoms with van der Waals surface area (Å²) in [6.07, 6.45) is 10.6. The molecule has 1 fully saturated rings. The van der Waals surface area contributed by atoms with Crippen LogP contribution in [0.25, 0.3) is 0 Å². The molecule has 0 unspecified atom stereocenters. The molecule has 1 heterocycles. The van der Waals surface area contributed by atoms with Gasteiger partial charge in [-0.1, -0.05) is 0 Å². The second-order valence-corrected chi connectivity index (χ2v) is 3.65. The molecular formula is C11H16O2. The van der Waals surface area contributed by atoms with Crippen LogP contribution in [0.4, 0.5) is 0 Å². The summed E-state index contributed by atoms with van der Waals surface area (Å²) < 4.78 is 5.23. The monoisotopic (exact) mass is 180 g/mol. The summed E-state index contributed by atoms with van der Waals surface area (Å²) in [4.78, 5) is 11.0. The van der Waals surface area contributed by atoms with Crippen molar-refractivity contribution >= 4 is 6.29 Å². The first-order chi connectivity index (χ1) is 6.33. The third-order valence-electron chi connectivity index (χ3n) is 2.73. The first-order valence-electron chi connectivity index (χ1n) is 4.80. The van der Waals surface area contributed by atoms with Gasteiger partial charge in [0.2, 0.25) is 0 Å². The van der Waals surface area contributed by atoms with Crippen molar-refractivity contribution in [1.82, 2.24) is 0 Å². The lowest BCUT2D eigenvalue weighted by atomic mass is 9.77. The van der Waals surface area contributed by atoms with Crippen molar-refractivity contribution in [1.29, 1.82) is 0 Å². The van der Waals surface area contributed by atoms with E-state index in [2.05, 4.69) is 5.92 Å². The minimum absolute atomic E-state index is 0.130. The van der Waals surface area contributed by atoms with Crippen LogP contribution in [0.5, 0.6) is 0 Å². The number of hydrogen-bond acceptors (Lipinski definition) is 2. The maximum Gasteiger partial charge on any atom is 0.126 e. The van der Waals surface area contributed by atoms with E-state index in [0.717, 1.165) is 51.6 Å². The van der Waals surface area contributed by atoms with Crippen LogP contribution in [-0.4, -0.2) is 19.5 Å². The third kappa shape index (κ3) is 2.86. The molecule has 0 radical (unpaired) electrons. The topological polar surface area (TPSA) is 26.3 Å². The molecule has 2 heteroatoms. The highest BCUT2D eigenvalue weighted by Gasteiger charge is 2.31. The molecule has 72 valence electrons. The van der Waals surface area contributed by atoms with E-state index in [1.165, 1.54) is 0 Å². The molecule has 2 nitrogen and oxygen atoms in total. The van der Waals surface area contributed by atoms with Crippen molar-refractivity contribution in [2.45, 2.75) is 32.1 Å². The summed E-state index contributed by atoms with van der Waals surface area (Å²) in [7, 11) is 0. The number of ether oxygens (including phenoxy) is 1. The third-order valence-corrected chi connectivity index (χ3v) is 2.73. The molecule has 0 saturated carbocycles. The summed E-state index contributed by atoms with van der Waals surface area (Å²) in [5.41, 5.74) is -0.130. The van der Waals surface area contributed by atoms with E-state index >= 15 is 0 Å². The number of unbranched alkanes of at least 4 members (excludes halogenated alkanes) is 1. The van der Waals surface area contributed by atoms with Crippen LogP contribution >= 0.6 is 0 Å². The zero-order chi connectivity index (χ0) is 9.57. The fraction of sp³-hybridized carbons (Fsp3) is 0.727. The van der Waals surface area contributed by atoms with Crippen LogP contribution in [0, 0.1) is 17.8 Å². The average Bonchev–Trinajstić information content (AvgIpc) is 2.20. The Labute approximate surface area is 79.7 Å². The summed E-state index contributed by atoms with van der Waals surface area (Å²) in [6, 6.07) is 0. The molecule has 0 N–H and O–H groups in total. The van der Waals surface area contributed by atoms with E-state index in [0.29, 0.717) is 0 Å². The van der Waals surface area contributed by atoms with Gasteiger partial charge in [-0.25, -0.2) is 0 Å². The molecule has 0 atom stereocenters. The van der Waals surface area contributed by atoms with E-state index in [1.807, 2.05) is 0 Å². The second kappa shape index (κ2) is 5.04. The molecule has 0 aliphatic carbocycles. The van der Waals surface area contributed by atoms with Crippen molar-refractivity contribution in [2.24, 2.45) is 5.41 Å². The molecule has 13 heavy (non-hydrogen) atoms. The maximum absolute atomic E-state index is 11.0. The summed E-state index contributed by atoms with van der Waals surface area (Å²) >= 11 is 0. The van der Waals surface area contributed by atoms with Gasteiger partial charge in [0.1, 0.15) is 6.29 Å². The number of rotatable bonds is 4. The zero-order valence-corrected chi connectivity index (χ0v) is 7.92. The maximum atomic E-state index is 11.0. The smallest absolute Gasteiger partial charge is 0.126 e. The van der Waals surface area contributed by atoms with Gasteiger partial charge in [0.05, 0.1) is 0 Å². The van der Waals surface area contributed by atoms with Gasteiger partial charge in [0.25, 0.3) is 0 Å². The summed E-state index contributed by atoms with van der Waals surface area (Å²) in [6.45, 7) is 1.43. The summed E-state index contributed by atoms with van der Waals surface area (Å²) in [5, 5.41) is 0. The molecule has 1 rings (SSSR count). The van der Waals surface area contributed by atoms with E-state index in [-0.39, 0.29) is 5.41 Å². The predicted octanol–water partition coefficient (Wildman–Crippen LogP) is 1.79. The standard InChI is InChI=1S/C11H16O2/c1-2-3-4-5-11(10-12)6-8-13-9-7-11/h1,10H,3-9H2. The Morgan fingerprint density at radius 2 is 2.15 bits per heavy atom. The predicted molar refractivity (Wildman–Crippen MR) is 51.2 cm³/mol. The van der Waals surface area contributed by atoms with E-state index in [9.17, 15) is 4.79 Å². The molecule has 0 spiro atoms. The van der Waals surface area contributed by atoms with Gasteiger partial charge < -0.3 is 9.53 Å². The Balaban J connectivity index is 2.39. The molecule has 0 aromatic heterocycles. The molecule has 1 aliphatic heterocycles. The van der Waals surface area contributed by atoms with Gasteiger partial charge >= 0.3 is 0 Å². The van der Waals surface area contributed by atoms with Crippen LogP contribution in [0.1, 0.15) is 32.1 Å².